The van der Waals surface area contributed by atoms with Crippen molar-refractivity contribution in [3.8, 4) is 0 Å². The second-order valence-electron chi connectivity index (χ2n) is 5.62. The number of ether oxygens (including phenoxy) is 1. The largest absolute Gasteiger partial charge is 0.460 e. The number of esters is 1. The Kier molecular flexibility index (Phi) is 5.72. The highest BCUT2D eigenvalue weighted by atomic mass is 16.5. The third-order valence-corrected chi connectivity index (χ3v) is 3.66. The van der Waals surface area contributed by atoms with Crippen LogP contribution in [0.5, 0.6) is 0 Å². The zero-order valence-electron chi connectivity index (χ0n) is 14.0. The molecule has 0 atom stereocenters. The summed E-state index contributed by atoms with van der Waals surface area (Å²) in [4.78, 5) is 27.7. The molecule has 0 aliphatic rings. The lowest BCUT2D eigenvalue weighted by Crippen LogP contribution is -2.30. The van der Waals surface area contributed by atoms with Gasteiger partial charge in [-0.15, -0.1) is 0 Å². The topological polar surface area (TPSA) is 86.1 Å². The molecule has 0 saturated carbocycles. The molecule has 3 aromatic rings. The highest BCUT2D eigenvalue weighted by molar-refractivity contribution is 5.95. The van der Waals surface area contributed by atoms with E-state index in [0.29, 0.717) is 12.1 Å². The zero-order chi connectivity index (χ0) is 18.2. The number of nitrogens with one attached hydrogen (secondary N) is 1. The van der Waals surface area contributed by atoms with E-state index >= 15 is 0 Å². The van der Waals surface area contributed by atoms with Crippen molar-refractivity contribution in [1.29, 1.82) is 0 Å². The zero-order valence-corrected chi connectivity index (χ0v) is 14.0. The van der Waals surface area contributed by atoms with Gasteiger partial charge in [-0.1, -0.05) is 42.5 Å². The van der Waals surface area contributed by atoms with Gasteiger partial charge in [0.05, 0.1) is 6.54 Å². The van der Waals surface area contributed by atoms with Crippen LogP contribution in [0.25, 0.3) is 0 Å². The van der Waals surface area contributed by atoms with Gasteiger partial charge in [0.25, 0.3) is 5.91 Å². The van der Waals surface area contributed by atoms with E-state index in [2.05, 4.69) is 15.4 Å². The maximum Gasteiger partial charge on any atom is 0.325 e. The van der Waals surface area contributed by atoms with E-state index in [1.165, 1.54) is 6.33 Å². The molecule has 3 rings (SSSR count). The molecule has 0 radical (unpaired) electrons. The molecule has 132 valence electrons. The fourth-order valence-electron chi connectivity index (χ4n) is 2.31. The smallest absolute Gasteiger partial charge is 0.325 e. The van der Waals surface area contributed by atoms with Gasteiger partial charge in [0.15, 0.2) is 0 Å². The van der Waals surface area contributed by atoms with Crippen LogP contribution in [0, 0.1) is 0 Å². The maximum absolute atomic E-state index is 12.1. The number of aromatic nitrogens is 3. The molecule has 1 amide bonds. The van der Waals surface area contributed by atoms with E-state index in [1.54, 1.807) is 23.1 Å². The Morgan fingerprint density at radius 2 is 1.77 bits per heavy atom. The molecule has 0 spiro atoms. The predicted octanol–water partition coefficient (Wildman–Crippen LogP) is 1.80. The summed E-state index contributed by atoms with van der Waals surface area (Å²) < 4.78 is 6.82. The van der Waals surface area contributed by atoms with Crippen LogP contribution in [0.15, 0.2) is 67.3 Å². The second kappa shape index (κ2) is 8.57. The average Bonchev–Trinajstić information content (AvgIpc) is 3.19. The summed E-state index contributed by atoms with van der Waals surface area (Å²) in [6, 6.07) is 16.5. The molecular weight excluding hydrogens is 332 g/mol. The van der Waals surface area contributed by atoms with Gasteiger partial charge in [0.1, 0.15) is 25.8 Å². The monoisotopic (exact) mass is 350 g/mol. The molecule has 2 aromatic carbocycles. The van der Waals surface area contributed by atoms with Crippen LogP contribution < -0.4 is 5.32 Å². The standard InChI is InChI=1S/C19H18N4O3/c24-18(26-12-16-4-2-1-3-5-16)10-21-19(25)17-8-6-15(7-9-17)11-23-14-20-13-22-23/h1-9,13-14H,10-12H2,(H,21,25). The molecule has 1 N–H and O–H groups in total. The Morgan fingerprint density at radius 3 is 2.46 bits per heavy atom. The lowest BCUT2D eigenvalue weighted by molar-refractivity contribution is -0.143. The van der Waals surface area contributed by atoms with E-state index in [0.717, 1.165) is 11.1 Å². The first kappa shape index (κ1) is 17.3. The summed E-state index contributed by atoms with van der Waals surface area (Å²) in [5.74, 6) is -0.807. The normalized spacial score (nSPS) is 10.3. The minimum absolute atomic E-state index is 0.174. The van der Waals surface area contributed by atoms with Crippen molar-refractivity contribution in [2.45, 2.75) is 13.2 Å². The van der Waals surface area contributed by atoms with Crippen LogP contribution in [0.4, 0.5) is 0 Å². The van der Waals surface area contributed by atoms with Crippen molar-refractivity contribution in [2.75, 3.05) is 6.54 Å². The molecule has 0 unspecified atom stereocenters. The number of amides is 1. The molecule has 7 nitrogen and oxygen atoms in total. The van der Waals surface area contributed by atoms with Gasteiger partial charge in [0, 0.05) is 5.56 Å². The second-order valence-corrected chi connectivity index (χ2v) is 5.62. The van der Waals surface area contributed by atoms with Gasteiger partial charge >= 0.3 is 5.97 Å². The first-order valence-corrected chi connectivity index (χ1v) is 8.10. The molecule has 0 aliphatic carbocycles. The van der Waals surface area contributed by atoms with Gasteiger partial charge in [-0.2, -0.15) is 5.10 Å². The molecule has 1 aromatic heterocycles. The summed E-state index contributed by atoms with van der Waals surface area (Å²) in [6.45, 7) is 0.590. The quantitative estimate of drug-likeness (QED) is 0.657. The maximum atomic E-state index is 12.1. The van der Waals surface area contributed by atoms with Gasteiger partial charge in [0.2, 0.25) is 0 Å². The number of benzene rings is 2. The first-order chi connectivity index (χ1) is 12.7. The van der Waals surface area contributed by atoms with Gasteiger partial charge < -0.3 is 10.1 Å². The highest BCUT2D eigenvalue weighted by Crippen LogP contribution is 2.06. The van der Waals surface area contributed by atoms with Crippen molar-refractivity contribution in [1.82, 2.24) is 20.1 Å². The molecule has 26 heavy (non-hydrogen) atoms. The average molecular weight is 350 g/mol. The Morgan fingerprint density at radius 1 is 1.00 bits per heavy atom. The van der Waals surface area contributed by atoms with Crippen LogP contribution in [0.1, 0.15) is 21.5 Å². The molecular formula is C19H18N4O3. The number of hydrogen-bond acceptors (Lipinski definition) is 5. The summed E-state index contributed by atoms with van der Waals surface area (Å²) in [7, 11) is 0. The van der Waals surface area contributed by atoms with E-state index < -0.39 is 5.97 Å². The minimum atomic E-state index is -0.481. The van der Waals surface area contributed by atoms with Gasteiger partial charge in [-0.05, 0) is 23.3 Å². The van der Waals surface area contributed by atoms with Crippen LogP contribution in [-0.4, -0.2) is 33.2 Å². The molecule has 7 heteroatoms. The fourth-order valence-corrected chi connectivity index (χ4v) is 2.31. The summed E-state index contributed by atoms with van der Waals surface area (Å²) in [5, 5.41) is 6.59. The van der Waals surface area contributed by atoms with Gasteiger partial charge in [-0.25, -0.2) is 9.67 Å². The number of hydrogen-bond donors (Lipinski definition) is 1. The van der Waals surface area contributed by atoms with Gasteiger partial charge in [-0.3, -0.25) is 9.59 Å². The summed E-state index contributed by atoms with van der Waals surface area (Å²) in [5.41, 5.74) is 2.37. The van der Waals surface area contributed by atoms with Crippen LogP contribution >= 0.6 is 0 Å². The van der Waals surface area contributed by atoms with E-state index in [9.17, 15) is 9.59 Å². The SMILES string of the molecule is O=C(CNC(=O)c1ccc(Cn2cncn2)cc1)OCc1ccccc1. The number of carbonyl (C=O) groups excluding carboxylic acids is 2. The molecule has 1 heterocycles. The molecule has 0 bridgehead atoms. The Bertz CT molecular complexity index is 846. The Balaban J connectivity index is 1.44. The van der Waals surface area contributed by atoms with Crippen molar-refractivity contribution >= 4 is 11.9 Å². The van der Waals surface area contributed by atoms with Crippen molar-refractivity contribution in [2.24, 2.45) is 0 Å². The minimum Gasteiger partial charge on any atom is -0.460 e. The third kappa shape index (κ3) is 5.01. The van der Waals surface area contributed by atoms with Crippen molar-refractivity contribution in [3.05, 3.63) is 83.9 Å². The molecule has 0 aliphatic heterocycles. The van der Waals surface area contributed by atoms with Crippen molar-refractivity contribution in [3.63, 3.8) is 0 Å². The van der Waals surface area contributed by atoms with E-state index in [1.807, 2.05) is 42.5 Å². The fraction of sp³-hybridized carbons (Fsp3) is 0.158. The summed E-state index contributed by atoms with van der Waals surface area (Å²) >= 11 is 0. The lowest BCUT2D eigenvalue weighted by Gasteiger charge is -2.07. The Hall–Kier alpha value is -3.48. The van der Waals surface area contributed by atoms with Crippen molar-refractivity contribution < 1.29 is 14.3 Å². The van der Waals surface area contributed by atoms with Crippen LogP contribution in [0.3, 0.4) is 0 Å². The number of rotatable bonds is 7. The molecule has 0 fully saturated rings. The third-order valence-electron chi connectivity index (χ3n) is 3.66. The number of nitrogens with zero attached hydrogens (tertiary/aromatic N) is 3. The lowest BCUT2D eigenvalue weighted by atomic mass is 10.1. The molecule has 0 saturated heterocycles. The first-order valence-electron chi connectivity index (χ1n) is 8.10. The van der Waals surface area contributed by atoms with Crippen LogP contribution in [0.2, 0.25) is 0 Å². The summed E-state index contributed by atoms with van der Waals surface area (Å²) in [6.07, 6.45) is 3.10. The van der Waals surface area contributed by atoms with E-state index in [4.69, 9.17) is 4.74 Å². The highest BCUT2D eigenvalue weighted by Gasteiger charge is 2.09. The van der Waals surface area contributed by atoms with E-state index in [-0.39, 0.29) is 19.1 Å². The van der Waals surface area contributed by atoms with Crippen LogP contribution in [-0.2, 0) is 22.7 Å². The predicted molar refractivity (Wildman–Crippen MR) is 94.1 cm³/mol. The Labute approximate surface area is 150 Å². The number of carbonyl (C=O) groups is 2.